The molecule has 0 bridgehead atoms. The van der Waals surface area contributed by atoms with Gasteiger partial charge in [-0.25, -0.2) is 0 Å². The van der Waals surface area contributed by atoms with Crippen LogP contribution in [0.4, 0.5) is 0 Å². The smallest absolute Gasteiger partial charge is 0.326 e. The molecule has 0 fully saturated rings. The Labute approximate surface area is 82.5 Å². The van der Waals surface area contributed by atoms with Crippen molar-refractivity contribution < 1.29 is 14.3 Å². The van der Waals surface area contributed by atoms with Crippen molar-refractivity contribution in [2.75, 3.05) is 0 Å². The third kappa shape index (κ3) is 3.05. The molecule has 0 aliphatic carbocycles. The van der Waals surface area contributed by atoms with Gasteiger partial charge in [0.1, 0.15) is 6.54 Å². The van der Waals surface area contributed by atoms with Gasteiger partial charge in [-0.1, -0.05) is 0 Å². The standard InChI is InChI=1S/C10H13NO3/c1-8(2)14-10(13)6-11-4-3-9(5-11)7-12/h3-5,7-8H,6H2,1-2H3. The molecule has 1 aromatic heterocycles. The van der Waals surface area contributed by atoms with Crippen LogP contribution in [0.2, 0.25) is 0 Å². The van der Waals surface area contributed by atoms with Crippen molar-refractivity contribution in [3.63, 3.8) is 0 Å². The second-order valence-electron chi connectivity index (χ2n) is 3.27. The van der Waals surface area contributed by atoms with Crippen LogP contribution in [-0.2, 0) is 16.1 Å². The van der Waals surface area contributed by atoms with E-state index in [0.29, 0.717) is 5.56 Å². The zero-order valence-corrected chi connectivity index (χ0v) is 8.27. The maximum absolute atomic E-state index is 11.2. The van der Waals surface area contributed by atoms with Gasteiger partial charge < -0.3 is 9.30 Å². The Kier molecular flexibility index (Phi) is 3.45. The van der Waals surface area contributed by atoms with Crippen molar-refractivity contribution >= 4 is 12.3 Å². The summed E-state index contributed by atoms with van der Waals surface area (Å²) >= 11 is 0. The molecule has 0 N–H and O–H groups in total. The molecule has 14 heavy (non-hydrogen) atoms. The van der Waals surface area contributed by atoms with Gasteiger partial charge in [-0.3, -0.25) is 9.59 Å². The number of ether oxygens (including phenoxy) is 1. The number of nitrogens with zero attached hydrogens (tertiary/aromatic N) is 1. The summed E-state index contributed by atoms with van der Waals surface area (Å²) in [5, 5.41) is 0. The van der Waals surface area contributed by atoms with Gasteiger partial charge >= 0.3 is 5.97 Å². The molecule has 76 valence electrons. The average molecular weight is 195 g/mol. The first-order valence-corrected chi connectivity index (χ1v) is 4.42. The van der Waals surface area contributed by atoms with E-state index in [1.165, 1.54) is 0 Å². The minimum atomic E-state index is -0.298. The third-order valence-electron chi connectivity index (χ3n) is 1.59. The quantitative estimate of drug-likeness (QED) is 0.536. The molecule has 0 aliphatic heterocycles. The largest absolute Gasteiger partial charge is 0.462 e. The number of esters is 1. The Hall–Kier alpha value is -1.58. The fraction of sp³-hybridized carbons (Fsp3) is 0.400. The molecule has 0 unspecified atom stereocenters. The molecule has 4 nitrogen and oxygen atoms in total. The van der Waals surface area contributed by atoms with Gasteiger partial charge in [0.15, 0.2) is 6.29 Å². The van der Waals surface area contributed by atoms with E-state index < -0.39 is 0 Å². The summed E-state index contributed by atoms with van der Waals surface area (Å²) in [4.78, 5) is 21.5. The molecule has 4 heteroatoms. The summed E-state index contributed by atoms with van der Waals surface area (Å²) in [6.07, 6.45) is 3.91. The number of aromatic nitrogens is 1. The third-order valence-corrected chi connectivity index (χ3v) is 1.59. The maximum atomic E-state index is 11.2. The molecule has 0 spiro atoms. The number of carbonyl (C=O) groups is 2. The topological polar surface area (TPSA) is 48.3 Å². The molecular weight excluding hydrogens is 182 g/mol. The highest BCUT2D eigenvalue weighted by Gasteiger charge is 2.06. The van der Waals surface area contributed by atoms with Gasteiger partial charge in [0.2, 0.25) is 0 Å². The monoisotopic (exact) mass is 195 g/mol. The molecule has 1 rings (SSSR count). The maximum Gasteiger partial charge on any atom is 0.326 e. The van der Waals surface area contributed by atoms with E-state index >= 15 is 0 Å². The number of carbonyl (C=O) groups excluding carboxylic acids is 2. The highest BCUT2D eigenvalue weighted by molar-refractivity contribution is 5.75. The van der Waals surface area contributed by atoms with Gasteiger partial charge in [-0.15, -0.1) is 0 Å². The molecule has 0 amide bonds. The molecule has 0 radical (unpaired) electrons. The van der Waals surface area contributed by atoms with Crippen LogP contribution in [0, 0.1) is 0 Å². The van der Waals surface area contributed by atoms with Gasteiger partial charge in [-0.05, 0) is 19.9 Å². The van der Waals surface area contributed by atoms with Crippen molar-refractivity contribution in [3.05, 3.63) is 24.0 Å². The SMILES string of the molecule is CC(C)OC(=O)Cn1ccc(C=O)c1. The van der Waals surface area contributed by atoms with E-state index in [9.17, 15) is 9.59 Å². The molecule has 1 heterocycles. The summed E-state index contributed by atoms with van der Waals surface area (Å²) in [7, 11) is 0. The van der Waals surface area contributed by atoms with Crippen molar-refractivity contribution in [2.24, 2.45) is 0 Å². The molecular formula is C10H13NO3. The van der Waals surface area contributed by atoms with Gasteiger partial charge in [0, 0.05) is 18.0 Å². The van der Waals surface area contributed by atoms with E-state index in [-0.39, 0.29) is 18.6 Å². The Bertz CT molecular complexity index is 328. The lowest BCUT2D eigenvalue weighted by Crippen LogP contribution is -2.16. The fourth-order valence-electron chi connectivity index (χ4n) is 1.08. The number of aldehydes is 1. The minimum absolute atomic E-state index is 0.108. The molecule has 0 aromatic carbocycles. The average Bonchev–Trinajstić information content (AvgIpc) is 2.50. The van der Waals surface area contributed by atoms with Crippen LogP contribution in [0.1, 0.15) is 24.2 Å². The fourth-order valence-corrected chi connectivity index (χ4v) is 1.08. The first-order valence-electron chi connectivity index (χ1n) is 4.42. The Morgan fingerprint density at radius 2 is 2.36 bits per heavy atom. The van der Waals surface area contributed by atoms with E-state index in [1.807, 2.05) is 0 Å². The summed E-state index contributed by atoms with van der Waals surface area (Å²) in [6, 6.07) is 1.65. The van der Waals surface area contributed by atoms with E-state index in [4.69, 9.17) is 4.74 Å². The molecule has 0 aliphatic rings. The normalized spacial score (nSPS) is 10.2. The Morgan fingerprint density at radius 1 is 1.64 bits per heavy atom. The van der Waals surface area contributed by atoms with Crippen molar-refractivity contribution in [3.8, 4) is 0 Å². The lowest BCUT2D eigenvalue weighted by atomic mass is 10.4. The van der Waals surface area contributed by atoms with E-state index in [0.717, 1.165) is 6.29 Å². The zero-order valence-electron chi connectivity index (χ0n) is 8.27. The highest BCUT2D eigenvalue weighted by atomic mass is 16.5. The number of hydrogen-bond acceptors (Lipinski definition) is 3. The van der Waals surface area contributed by atoms with Gasteiger partial charge in [0.05, 0.1) is 6.10 Å². The summed E-state index contributed by atoms with van der Waals surface area (Å²) in [5.74, 6) is -0.298. The predicted molar refractivity (Wildman–Crippen MR) is 51.0 cm³/mol. The Morgan fingerprint density at radius 3 is 2.86 bits per heavy atom. The van der Waals surface area contributed by atoms with Crippen LogP contribution in [0.5, 0.6) is 0 Å². The van der Waals surface area contributed by atoms with Crippen LogP contribution >= 0.6 is 0 Å². The van der Waals surface area contributed by atoms with E-state index in [1.54, 1.807) is 36.9 Å². The van der Waals surface area contributed by atoms with Crippen LogP contribution in [0.15, 0.2) is 18.5 Å². The number of rotatable bonds is 4. The first kappa shape index (κ1) is 10.5. The second-order valence-corrected chi connectivity index (χ2v) is 3.27. The van der Waals surface area contributed by atoms with Crippen LogP contribution < -0.4 is 0 Å². The highest BCUT2D eigenvalue weighted by Crippen LogP contribution is 1.99. The van der Waals surface area contributed by atoms with Crippen LogP contribution in [-0.4, -0.2) is 22.9 Å². The summed E-state index contributed by atoms with van der Waals surface area (Å²) < 4.78 is 6.57. The summed E-state index contributed by atoms with van der Waals surface area (Å²) in [6.45, 7) is 3.74. The number of hydrogen-bond donors (Lipinski definition) is 0. The van der Waals surface area contributed by atoms with Gasteiger partial charge in [-0.2, -0.15) is 0 Å². The molecule has 1 aromatic rings. The van der Waals surface area contributed by atoms with Crippen LogP contribution in [0.25, 0.3) is 0 Å². The Balaban J connectivity index is 2.51. The van der Waals surface area contributed by atoms with E-state index in [2.05, 4.69) is 0 Å². The molecule has 0 saturated carbocycles. The minimum Gasteiger partial charge on any atom is -0.462 e. The van der Waals surface area contributed by atoms with Crippen molar-refractivity contribution in [1.82, 2.24) is 4.57 Å². The van der Waals surface area contributed by atoms with Crippen LogP contribution in [0.3, 0.4) is 0 Å². The second kappa shape index (κ2) is 4.60. The van der Waals surface area contributed by atoms with Crippen molar-refractivity contribution in [2.45, 2.75) is 26.5 Å². The van der Waals surface area contributed by atoms with Crippen molar-refractivity contribution in [1.29, 1.82) is 0 Å². The van der Waals surface area contributed by atoms with Gasteiger partial charge in [0.25, 0.3) is 0 Å². The molecule has 0 atom stereocenters. The molecule has 0 saturated heterocycles. The zero-order chi connectivity index (χ0) is 10.6. The lowest BCUT2D eigenvalue weighted by molar-refractivity contribution is -0.148. The first-order chi connectivity index (χ1) is 6.61. The lowest BCUT2D eigenvalue weighted by Gasteiger charge is -2.07. The predicted octanol–water partition coefficient (Wildman–Crippen LogP) is 1.25. The summed E-state index contributed by atoms with van der Waals surface area (Å²) in [5.41, 5.74) is 0.558.